The first-order valence-corrected chi connectivity index (χ1v) is 8.75. The molecule has 2 heterocycles. The van der Waals surface area contributed by atoms with E-state index in [1.807, 2.05) is 0 Å². The number of anilines is 1. The predicted molar refractivity (Wildman–Crippen MR) is 88.8 cm³/mol. The van der Waals surface area contributed by atoms with Crippen LogP contribution in [0.3, 0.4) is 0 Å². The lowest BCUT2D eigenvalue weighted by Gasteiger charge is -2.43. The van der Waals surface area contributed by atoms with Gasteiger partial charge in [-0.15, -0.1) is 11.3 Å². The molecule has 1 N–H and O–H groups in total. The fourth-order valence-electron chi connectivity index (χ4n) is 4.87. The minimum absolute atomic E-state index is 0.344. The summed E-state index contributed by atoms with van der Waals surface area (Å²) < 4.78 is 1.21. The normalized spacial score (nSPS) is 33.7. The monoisotopic (exact) mass is 301 g/mol. The number of nitrogens with zero attached hydrogens (tertiary/aromatic N) is 2. The van der Waals surface area contributed by atoms with E-state index in [1.54, 1.807) is 17.7 Å². The molecular formula is C17H23N3S. The van der Waals surface area contributed by atoms with Gasteiger partial charge in [0.1, 0.15) is 12.1 Å². The molecule has 4 heteroatoms. The lowest BCUT2D eigenvalue weighted by molar-refractivity contribution is 0.155. The summed E-state index contributed by atoms with van der Waals surface area (Å²) in [6.45, 7) is 9.44. The maximum atomic E-state index is 4.55. The smallest absolute Gasteiger partial charge is 0.147 e. The van der Waals surface area contributed by atoms with E-state index in [-0.39, 0.29) is 0 Å². The number of thiophene rings is 1. The number of rotatable bonds is 2. The number of aromatic nitrogens is 2. The van der Waals surface area contributed by atoms with Gasteiger partial charge in [0.15, 0.2) is 0 Å². The molecular weight excluding hydrogens is 278 g/mol. The zero-order valence-corrected chi connectivity index (χ0v) is 14.0. The quantitative estimate of drug-likeness (QED) is 0.879. The third-order valence-electron chi connectivity index (χ3n) is 6.08. The highest BCUT2D eigenvalue weighted by atomic mass is 32.1. The van der Waals surface area contributed by atoms with Crippen LogP contribution in [0.15, 0.2) is 11.7 Å². The van der Waals surface area contributed by atoms with Gasteiger partial charge in [-0.1, -0.05) is 20.8 Å². The molecule has 2 fully saturated rings. The molecule has 2 aromatic rings. The third kappa shape index (κ3) is 1.78. The molecule has 112 valence electrons. The Hall–Kier alpha value is -1.16. The molecule has 0 aliphatic heterocycles. The van der Waals surface area contributed by atoms with Gasteiger partial charge in [0.05, 0.1) is 10.2 Å². The SMILES string of the molecule is Cc1csc2c(NC3C4(C)CCC(C4)C3(C)C)ncnc12. The number of hydrogen-bond donors (Lipinski definition) is 1. The number of fused-ring (bicyclic) bond motifs is 3. The molecule has 4 rings (SSSR count). The van der Waals surface area contributed by atoms with Gasteiger partial charge in [0, 0.05) is 6.04 Å². The maximum Gasteiger partial charge on any atom is 0.147 e. The Bertz CT molecular complexity index is 700. The summed E-state index contributed by atoms with van der Waals surface area (Å²) in [5.41, 5.74) is 3.11. The molecule has 2 aromatic heterocycles. The van der Waals surface area contributed by atoms with E-state index < -0.39 is 0 Å². The minimum atomic E-state index is 0.344. The summed E-state index contributed by atoms with van der Waals surface area (Å²) in [5.74, 6) is 1.88. The van der Waals surface area contributed by atoms with Crippen molar-refractivity contribution in [3.05, 3.63) is 17.3 Å². The van der Waals surface area contributed by atoms with Gasteiger partial charge in [-0.2, -0.15) is 0 Å². The number of hydrogen-bond acceptors (Lipinski definition) is 4. The molecule has 2 aliphatic rings. The van der Waals surface area contributed by atoms with Crippen LogP contribution in [-0.2, 0) is 0 Å². The third-order valence-corrected chi connectivity index (χ3v) is 7.18. The summed E-state index contributed by atoms with van der Waals surface area (Å²) in [7, 11) is 0. The van der Waals surface area contributed by atoms with Crippen LogP contribution in [0.1, 0.15) is 45.6 Å². The lowest BCUT2D eigenvalue weighted by atomic mass is 9.68. The van der Waals surface area contributed by atoms with E-state index in [4.69, 9.17) is 0 Å². The van der Waals surface area contributed by atoms with Gasteiger partial charge >= 0.3 is 0 Å². The second-order valence-corrected chi connectivity index (χ2v) is 8.69. The first-order chi connectivity index (χ1) is 9.92. The summed E-state index contributed by atoms with van der Waals surface area (Å²) >= 11 is 1.76. The van der Waals surface area contributed by atoms with Crippen LogP contribution in [0.25, 0.3) is 10.2 Å². The van der Waals surface area contributed by atoms with Crippen molar-refractivity contribution in [2.75, 3.05) is 5.32 Å². The zero-order valence-electron chi connectivity index (χ0n) is 13.2. The van der Waals surface area contributed by atoms with Gasteiger partial charge in [-0.3, -0.25) is 0 Å². The van der Waals surface area contributed by atoms with Crippen molar-refractivity contribution in [1.82, 2.24) is 9.97 Å². The minimum Gasteiger partial charge on any atom is -0.365 e. The molecule has 2 aliphatic carbocycles. The average Bonchev–Trinajstić information content (AvgIpc) is 3.05. The van der Waals surface area contributed by atoms with Crippen molar-refractivity contribution in [1.29, 1.82) is 0 Å². The van der Waals surface area contributed by atoms with Gasteiger partial charge < -0.3 is 5.32 Å². The predicted octanol–water partition coefficient (Wildman–Crippen LogP) is 4.63. The number of aryl methyl sites for hydroxylation is 1. The van der Waals surface area contributed by atoms with Gasteiger partial charge in [-0.25, -0.2) is 9.97 Å². The highest BCUT2D eigenvalue weighted by Crippen LogP contribution is 2.63. The van der Waals surface area contributed by atoms with E-state index in [0.717, 1.165) is 17.3 Å². The van der Waals surface area contributed by atoms with E-state index >= 15 is 0 Å². The van der Waals surface area contributed by atoms with Crippen molar-refractivity contribution in [3.8, 4) is 0 Å². The van der Waals surface area contributed by atoms with E-state index in [0.29, 0.717) is 16.9 Å². The molecule has 3 nitrogen and oxygen atoms in total. The first-order valence-electron chi connectivity index (χ1n) is 7.87. The largest absolute Gasteiger partial charge is 0.365 e. The molecule has 0 aromatic carbocycles. The highest BCUT2D eigenvalue weighted by Gasteiger charge is 2.59. The fourth-order valence-corrected chi connectivity index (χ4v) is 5.83. The van der Waals surface area contributed by atoms with Crippen LogP contribution < -0.4 is 5.32 Å². The number of nitrogens with one attached hydrogen (secondary N) is 1. The Labute approximate surface area is 130 Å². The Morgan fingerprint density at radius 3 is 2.81 bits per heavy atom. The summed E-state index contributed by atoms with van der Waals surface area (Å²) in [4.78, 5) is 8.99. The van der Waals surface area contributed by atoms with Crippen LogP contribution in [0.2, 0.25) is 0 Å². The Balaban J connectivity index is 1.75. The zero-order chi connectivity index (χ0) is 14.8. The van der Waals surface area contributed by atoms with Gasteiger partial charge in [0.2, 0.25) is 0 Å². The molecule has 0 radical (unpaired) electrons. The van der Waals surface area contributed by atoms with E-state index in [9.17, 15) is 0 Å². The molecule has 0 saturated heterocycles. The Kier molecular flexibility index (Phi) is 2.69. The Morgan fingerprint density at radius 2 is 2.10 bits per heavy atom. The highest BCUT2D eigenvalue weighted by molar-refractivity contribution is 7.18. The lowest BCUT2D eigenvalue weighted by Crippen LogP contribution is -2.46. The van der Waals surface area contributed by atoms with Gasteiger partial charge in [-0.05, 0) is 53.9 Å². The van der Waals surface area contributed by atoms with Gasteiger partial charge in [0.25, 0.3) is 0 Å². The molecule has 2 bridgehead atoms. The van der Waals surface area contributed by atoms with Crippen molar-refractivity contribution < 1.29 is 0 Å². The average molecular weight is 301 g/mol. The van der Waals surface area contributed by atoms with Crippen molar-refractivity contribution in [3.63, 3.8) is 0 Å². The van der Waals surface area contributed by atoms with Crippen molar-refractivity contribution >= 4 is 27.4 Å². The molecule has 0 spiro atoms. The molecule has 21 heavy (non-hydrogen) atoms. The van der Waals surface area contributed by atoms with Crippen LogP contribution in [0, 0.1) is 23.7 Å². The molecule has 0 amide bonds. The molecule has 3 atom stereocenters. The van der Waals surface area contributed by atoms with Crippen LogP contribution in [0.5, 0.6) is 0 Å². The Morgan fingerprint density at radius 1 is 1.29 bits per heavy atom. The van der Waals surface area contributed by atoms with E-state index in [2.05, 4.69) is 48.4 Å². The fraction of sp³-hybridized carbons (Fsp3) is 0.647. The van der Waals surface area contributed by atoms with Crippen LogP contribution >= 0.6 is 11.3 Å². The van der Waals surface area contributed by atoms with E-state index in [1.165, 1.54) is 29.5 Å². The maximum absolute atomic E-state index is 4.55. The first kappa shape index (κ1) is 13.5. The topological polar surface area (TPSA) is 37.8 Å². The van der Waals surface area contributed by atoms with Crippen LogP contribution in [-0.4, -0.2) is 16.0 Å². The van der Waals surface area contributed by atoms with Crippen molar-refractivity contribution in [2.24, 2.45) is 16.7 Å². The van der Waals surface area contributed by atoms with Crippen molar-refractivity contribution in [2.45, 2.75) is 53.0 Å². The summed E-state index contributed by atoms with van der Waals surface area (Å²) in [6.07, 6.45) is 5.79. The molecule has 2 saturated carbocycles. The molecule has 3 unspecified atom stereocenters. The second-order valence-electron chi connectivity index (χ2n) is 7.81. The second kappa shape index (κ2) is 4.19. The summed E-state index contributed by atoms with van der Waals surface area (Å²) in [5, 5.41) is 6.00. The van der Waals surface area contributed by atoms with Crippen LogP contribution in [0.4, 0.5) is 5.82 Å². The summed E-state index contributed by atoms with van der Waals surface area (Å²) in [6, 6.07) is 0.504. The standard InChI is InChI=1S/C17H23N3S/c1-10-8-21-13-12(10)18-9-19-14(13)20-15-16(2,3)11-5-6-17(15,4)7-11/h8-9,11,15H,5-7H2,1-4H3,(H,18,19,20).